The SMILES string of the molecule is CCCC(=O)N(CCc1cc(C(=O)O)ccc1N)C(C)C. The summed E-state index contributed by atoms with van der Waals surface area (Å²) in [7, 11) is 0. The van der Waals surface area contributed by atoms with Gasteiger partial charge in [0.15, 0.2) is 0 Å². The van der Waals surface area contributed by atoms with Gasteiger partial charge in [0, 0.05) is 24.7 Å². The minimum atomic E-state index is -0.973. The fourth-order valence-electron chi connectivity index (χ4n) is 2.22. The number of hydrogen-bond donors (Lipinski definition) is 2. The molecule has 0 aliphatic heterocycles. The van der Waals surface area contributed by atoms with Gasteiger partial charge >= 0.3 is 5.97 Å². The van der Waals surface area contributed by atoms with Gasteiger partial charge in [-0.2, -0.15) is 0 Å². The Balaban J connectivity index is 2.82. The maximum Gasteiger partial charge on any atom is 0.335 e. The van der Waals surface area contributed by atoms with Gasteiger partial charge in [-0.15, -0.1) is 0 Å². The fourth-order valence-corrected chi connectivity index (χ4v) is 2.22. The Bertz CT molecular complexity index is 512. The van der Waals surface area contributed by atoms with Crippen LogP contribution in [0.3, 0.4) is 0 Å². The highest BCUT2D eigenvalue weighted by molar-refractivity contribution is 5.88. The van der Waals surface area contributed by atoms with Crippen LogP contribution in [-0.2, 0) is 11.2 Å². The molecule has 0 aliphatic carbocycles. The van der Waals surface area contributed by atoms with E-state index in [-0.39, 0.29) is 17.5 Å². The second-order valence-electron chi connectivity index (χ2n) is 5.40. The molecule has 0 saturated heterocycles. The number of aromatic carboxylic acids is 1. The van der Waals surface area contributed by atoms with Crippen molar-refractivity contribution in [2.75, 3.05) is 12.3 Å². The minimum Gasteiger partial charge on any atom is -0.478 e. The molecule has 21 heavy (non-hydrogen) atoms. The van der Waals surface area contributed by atoms with Crippen LogP contribution < -0.4 is 5.73 Å². The van der Waals surface area contributed by atoms with Gasteiger partial charge in [0.2, 0.25) is 5.91 Å². The number of nitrogens with zero attached hydrogens (tertiary/aromatic N) is 1. The number of rotatable bonds is 7. The van der Waals surface area contributed by atoms with Crippen molar-refractivity contribution in [3.05, 3.63) is 29.3 Å². The van der Waals surface area contributed by atoms with Crippen molar-refractivity contribution in [3.8, 4) is 0 Å². The summed E-state index contributed by atoms with van der Waals surface area (Å²) in [6, 6.07) is 4.80. The number of carboxylic acids is 1. The Morgan fingerprint density at radius 1 is 1.33 bits per heavy atom. The first kappa shape index (κ1) is 17.0. The van der Waals surface area contributed by atoms with Crippen LogP contribution in [0, 0.1) is 0 Å². The lowest BCUT2D eigenvalue weighted by atomic mass is 10.0. The molecule has 0 spiro atoms. The molecule has 1 rings (SSSR count). The molecule has 0 radical (unpaired) electrons. The van der Waals surface area contributed by atoms with Crippen molar-refractivity contribution < 1.29 is 14.7 Å². The average Bonchev–Trinajstić information content (AvgIpc) is 2.40. The molecule has 5 nitrogen and oxygen atoms in total. The Hall–Kier alpha value is -2.04. The van der Waals surface area contributed by atoms with Crippen molar-refractivity contribution >= 4 is 17.6 Å². The first-order valence-electron chi connectivity index (χ1n) is 7.28. The zero-order chi connectivity index (χ0) is 16.0. The van der Waals surface area contributed by atoms with Crippen molar-refractivity contribution in [1.82, 2.24) is 4.90 Å². The predicted molar refractivity (Wildman–Crippen MR) is 83.3 cm³/mol. The van der Waals surface area contributed by atoms with E-state index < -0.39 is 5.97 Å². The Kier molecular flexibility index (Phi) is 6.21. The van der Waals surface area contributed by atoms with E-state index in [1.54, 1.807) is 12.1 Å². The normalized spacial score (nSPS) is 10.7. The van der Waals surface area contributed by atoms with Gasteiger partial charge in [-0.05, 0) is 50.5 Å². The van der Waals surface area contributed by atoms with Crippen LogP contribution in [0.25, 0.3) is 0 Å². The van der Waals surface area contributed by atoms with E-state index in [1.165, 1.54) is 6.07 Å². The van der Waals surface area contributed by atoms with Crippen LogP contribution in [-0.4, -0.2) is 34.5 Å². The highest BCUT2D eigenvalue weighted by Crippen LogP contribution is 2.16. The topological polar surface area (TPSA) is 83.6 Å². The summed E-state index contributed by atoms with van der Waals surface area (Å²) < 4.78 is 0. The highest BCUT2D eigenvalue weighted by atomic mass is 16.4. The van der Waals surface area contributed by atoms with Crippen molar-refractivity contribution in [3.63, 3.8) is 0 Å². The average molecular weight is 292 g/mol. The third-order valence-electron chi connectivity index (χ3n) is 3.42. The number of benzene rings is 1. The number of amides is 1. The predicted octanol–water partition coefficient (Wildman–Crippen LogP) is 2.55. The summed E-state index contributed by atoms with van der Waals surface area (Å²) >= 11 is 0. The van der Waals surface area contributed by atoms with Crippen LogP contribution in [0.2, 0.25) is 0 Å². The minimum absolute atomic E-state index is 0.118. The molecule has 3 N–H and O–H groups in total. The molecule has 0 aromatic heterocycles. The number of carbonyl (C=O) groups is 2. The summed E-state index contributed by atoms with van der Waals surface area (Å²) in [5, 5.41) is 9.02. The molecule has 116 valence electrons. The summed E-state index contributed by atoms with van der Waals surface area (Å²) in [5.74, 6) is -0.848. The lowest BCUT2D eigenvalue weighted by Gasteiger charge is -2.27. The van der Waals surface area contributed by atoms with E-state index in [0.717, 1.165) is 12.0 Å². The van der Waals surface area contributed by atoms with Gasteiger partial charge < -0.3 is 15.7 Å². The van der Waals surface area contributed by atoms with E-state index in [0.29, 0.717) is 25.1 Å². The Morgan fingerprint density at radius 3 is 2.52 bits per heavy atom. The molecule has 1 amide bonds. The largest absolute Gasteiger partial charge is 0.478 e. The molecular formula is C16H24N2O3. The standard InChI is InChI=1S/C16H24N2O3/c1-4-5-15(19)18(11(2)3)9-8-12-10-13(16(20)21)6-7-14(12)17/h6-7,10-11H,4-5,8-9,17H2,1-3H3,(H,20,21). The Morgan fingerprint density at radius 2 is 2.00 bits per heavy atom. The van der Waals surface area contributed by atoms with Crippen LogP contribution in [0.4, 0.5) is 5.69 Å². The number of nitrogens with two attached hydrogens (primary N) is 1. The smallest absolute Gasteiger partial charge is 0.335 e. The van der Waals surface area contributed by atoms with Gasteiger partial charge in [-0.3, -0.25) is 4.79 Å². The van der Waals surface area contributed by atoms with Gasteiger partial charge in [0.25, 0.3) is 0 Å². The quantitative estimate of drug-likeness (QED) is 0.756. The molecule has 0 aliphatic rings. The number of carbonyl (C=O) groups excluding carboxylic acids is 1. The maximum absolute atomic E-state index is 12.1. The van der Waals surface area contributed by atoms with E-state index in [9.17, 15) is 9.59 Å². The summed E-state index contributed by atoms with van der Waals surface area (Å²) in [5.41, 5.74) is 7.44. The summed E-state index contributed by atoms with van der Waals surface area (Å²) in [4.78, 5) is 24.9. The molecule has 0 heterocycles. The summed E-state index contributed by atoms with van der Waals surface area (Å²) in [6.45, 7) is 6.48. The first-order chi connectivity index (χ1) is 9.86. The van der Waals surface area contributed by atoms with E-state index >= 15 is 0 Å². The number of anilines is 1. The van der Waals surface area contributed by atoms with Gasteiger partial charge in [0.1, 0.15) is 0 Å². The number of hydrogen-bond acceptors (Lipinski definition) is 3. The zero-order valence-electron chi connectivity index (χ0n) is 12.9. The lowest BCUT2D eigenvalue weighted by molar-refractivity contribution is -0.132. The van der Waals surface area contributed by atoms with Gasteiger partial charge in [-0.1, -0.05) is 6.92 Å². The maximum atomic E-state index is 12.1. The molecule has 0 saturated carbocycles. The molecule has 1 aromatic carbocycles. The van der Waals surface area contributed by atoms with Crippen LogP contribution in [0.15, 0.2) is 18.2 Å². The fraction of sp³-hybridized carbons (Fsp3) is 0.500. The molecule has 0 bridgehead atoms. The van der Waals surface area contributed by atoms with Crippen LogP contribution >= 0.6 is 0 Å². The molecular weight excluding hydrogens is 268 g/mol. The second kappa shape index (κ2) is 7.67. The third-order valence-corrected chi connectivity index (χ3v) is 3.42. The second-order valence-corrected chi connectivity index (χ2v) is 5.40. The van der Waals surface area contributed by atoms with Crippen LogP contribution in [0.1, 0.15) is 49.5 Å². The van der Waals surface area contributed by atoms with Crippen LogP contribution in [0.5, 0.6) is 0 Å². The summed E-state index contributed by atoms with van der Waals surface area (Å²) in [6.07, 6.45) is 1.90. The molecule has 5 heteroatoms. The molecule has 1 aromatic rings. The highest BCUT2D eigenvalue weighted by Gasteiger charge is 2.16. The third kappa shape index (κ3) is 4.77. The van der Waals surface area contributed by atoms with Crippen molar-refractivity contribution in [1.29, 1.82) is 0 Å². The van der Waals surface area contributed by atoms with E-state index in [2.05, 4.69) is 0 Å². The number of nitrogen functional groups attached to an aromatic ring is 1. The number of carboxylic acid groups (broad SMARTS) is 1. The van der Waals surface area contributed by atoms with E-state index in [1.807, 2.05) is 25.7 Å². The van der Waals surface area contributed by atoms with Gasteiger partial charge in [0.05, 0.1) is 5.56 Å². The zero-order valence-corrected chi connectivity index (χ0v) is 12.9. The van der Waals surface area contributed by atoms with E-state index in [4.69, 9.17) is 10.8 Å². The molecule has 0 atom stereocenters. The molecule has 0 unspecified atom stereocenters. The lowest BCUT2D eigenvalue weighted by Crippen LogP contribution is -2.38. The monoisotopic (exact) mass is 292 g/mol. The Labute approximate surface area is 125 Å². The van der Waals surface area contributed by atoms with Crippen molar-refractivity contribution in [2.45, 2.75) is 46.1 Å². The molecule has 0 fully saturated rings. The van der Waals surface area contributed by atoms with Gasteiger partial charge in [-0.25, -0.2) is 4.79 Å². The first-order valence-corrected chi connectivity index (χ1v) is 7.28. The van der Waals surface area contributed by atoms with Crippen molar-refractivity contribution in [2.24, 2.45) is 0 Å².